The summed E-state index contributed by atoms with van der Waals surface area (Å²) in [5, 5.41) is 0. The molecule has 0 spiro atoms. The SMILES string of the molecule is CC(C)(C)OC(=O)CN(CF)C(=O)c1ccccc1. The first kappa shape index (κ1) is 15.1. The van der Waals surface area contributed by atoms with Crippen LogP contribution >= 0.6 is 0 Å². The standard InChI is InChI=1S/C14H18FNO3/c1-14(2,3)19-12(17)9-16(10-15)13(18)11-7-5-4-6-8-11/h4-8H,9-10H2,1-3H3. The molecule has 0 aliphatic rings. The molecule has 0 unspecified atom stereocenters. The van der Waals surface area contributed by atoms with Gasteiger partial charge in [0.05, 0.1) is 0 Å². The molecule has 5 heteroatoms. The highest BCUT2D eigenvalue weighted by atomic mass is 19.1. The molecule has 1 aromatic carbocycles. The van der Waals surface area contributed by atoms with E-state index in [4.69, 9.17) is 4.74 Å². The van der Waals surface area contributed by atoms with E-state index in [1.54, 1.807) is 51.1 Å². The molecule has 4 nitrogen and oxygen atoms in total. The van der Waals surface area contributed by atoms with Crippen LogP contribution < -0.4 is 0 Å². The van der Waals surface area contributed by atoms with E-state index < -0.39 is 30.8 Å². The second kappa shape index (κ2) is 6.31. The van der Waals surface area contributed by atoms with Crippen LogP contribution in [-0.4, -0.2) is 35.7 Å². The molecule has 0 aliphatic carbocycles. The number of hydrogen-bond donors (Lipinski definition) is 0. The average Bonchev–Trinajstić information content (AvgIpc) is 2.34. The number of rotatable bonds is 4. The molecular formula is C14H18FNO3. The van der Waals surface area contributed by atoms with Gasteiger partial charge in [-0.2, -0.15) is 0 Å². The third kappa shape index (κ3) is 5.07. The minimum atomic E-state index is -1.03. The first-order chi connectivity index (χ1) is 8.83. The third-order valence-electron chi connectivity index (χ3n) is 2.19. The molecule has 0 aliphatic heterocycles. The van der Waals surface area contributed by atoms with Crippen molar-refractivity contribution in [2.45, 2.75) is 26.4 Å². The largest absolute Gasteiger partial charge is 0.459 e. The molecule has 0 bridgehead atoms. The quantitative estimate of drug-likeness (QED) is 0.621. The van der Waals surface area contributed by atoms with Gasteiger partial charge in [0.1, 0.15) is 12.1 Å². The highest BCUT2D eigenvalue weighted by Gasteiger charge is 2.22. The predicted octanol–water partition coefficient (Wildman–Crippen LogP) is 2.40. The number of carbonyl (C=O) groups excluding carboxylic acids is 2. The van der Waals surface area contributed by atoms with Crippen LogP contribution in [0, 0.1) is 0 Å². The van der Waals surface area contributed by atoms with E-state index in [1.807, 2.05) is 0 Å². The highest BCUT2D eigenvalue weighted by Crippen LogP contribution is 2.09. The fourth-order valence-electron chi connectivity index (χ4n) is 1.46. The zero-order valence-corrected chi connectivity index (χ0v) is 11.4. The van der Waals surface area contributed by atoms with E-state index in [2.05, 4.69) is 0 Å². The van der Waals surface area contributed by atoms with Gasteiger partial charge in [0.25, 0.3) is 5.91 Å². The summed E-state index contributed by atoms with van der Waals surface area (Å²) in [7, 11) is 0. The van der Waals surface area contributed by atoms with Crippen molar-refractivity contribution in [2.24, 2.45) is 0 Å². The molecule has 0 radical (unpaired) electrons. The Balaban J connectivity index is 2.69. The maximum Gasteiger partial charge on any atom is 0.326 e. The van der Waals surface area contributed by atoms with Crippen molar-refractivity contribution in [1.29, 1.82) is 0 Å². The Morgan fingerprint density at radius 1 is 1.21 bits per heavy atom. The van der Waals surface area contributed by atoms with Gasteiger partial charge in [-0.1, -0.05) is 18.2 Å². The molecule has 0 aromatic heterocycles. The summed E-state index contributed by atoms with van der Waals surface area (Å²) in [6, 6.07) is 8.25. The van der Waals surface area contributed by atoms with Crippen LogP contribution in [0.3, 0.4) is 0 Å². The van der Waals surface area contributed by atoms with Gasteiger partial charge in [0.15, 0.2) is 6.80 Å². The Hall–Kier alpha value is -1.91. The van der Waals surface area contributed by atoms with E-state index in [1.165, 1.54) is 0 Å². The fraction of sp³-hybridized carbons (Fsp3) is 0.429. The minimum Gasteiger partial charge on any atom is -0.459 e. The zero-order chi connectivity index (χ0) is 14.5. The number of benzene rings is 1. The highest BCUT2D eigenvalue weighted by molar-refractivity contribution is 5.95. The van der Waals surface area contributed by atoms with E-state index in [9.17, 15) is 14.0 Å². The number of hydrogen-bond acceptors (Lipinski definition) is 3. The summed E-state index contributed by atoms with van der Waals surface area (Å²) in [6.07, 6.45) is 0. The van der Waals surface area contributed by atoms with Gasteiger partial charge in [0, 0.05) is 5.56 Å². The van der Waals surface area contributed by atoms with Gasteiger partial charge in [-0.3, -0.25) is 14.5 Å². The lowest BCUT2D eigenvalue weighted by atomic mass is 10.2. The molecule has 0 saturated heterocycles. The molecule has 0 atom stereocenters. The summed E-state index contributed by atoms with van der Waals surface area (Å²) in [6.45, 7) is 3.70. The van der Waals surface area contributed by atoms with Crippen molar-refractivity contribution in [3.63, 3.8) is 0 Å². The normalized spacial score (nSPS) is 10.9. The van der Waals surface area contributed by atoms with Crippen molar-refractivity contribution >= 4 is 11.9 Å². The molecule has 0 heterocycles. The Bertz CT molecular complexity index is 440. The first-order valence-corrected chi connectivity index (χ1v) is 5.95. The number of ether oxygens (including phenoxy) is 1. The van der Waals surface area contributed by atoms with Gasteiger partial charge in [-0.15, -0.1) is 0 Å². The maximum atomic E-state index is 12.9. The van der Waals surface area contributed by atoms with E-state index in [-0.39, 0.29) is 0 Å². The molecule has 19 heavy (non-hydrogen) atoms. The fourth-order valence-corrected chi connectivity index (χ4v) is 1.46. The molecule has 104 valence electrons. The van der Waals surface area contributed by atoms with Crippen LogP contribution in [0.1, 0.15) is 31.1 Å². The lowest BCUT2D eigenvalue weighted by Crippen LogP contribution is -2.38. The van der Waals surface area contributed by atoms with Crippen LogP contribution in [0.4, 0.5) is 4.39 Å². The van der Waals surface area contributed by atoms with Crippen molar-refractivity contribution < 1.29 is 18.7 Å². The second-order valence-electron chi connectivity index (χ2n) is 5.08. The Morgan fingerprint density at radius 3 is 2.26 bits per heavy atom. The van der Waals surface area contributed by atoms with Crippen molar-refractivity contribution in [2.75, 3.05) is 13.3 Å². The number of carbonyl (C=O) groups is 2. The van der Waals surface area contributed by atoms with E-state index in [0.717, 1.165) is 4.90 Å². The topological polar surface area (TPSA) is 46.6 Å². The van der Waals surface area contributed by atoms with Crippen LogP contribution in [0.2, 0.25) is 0 Å². The number of amides is 1. The number of alkyl halides is 1. The molecule has 0 saturated carbocycles. The summed E-state index contributed by atoms with van der Waals surface area (Å²) in [5.74, 6) is -1.16. The summed E-state index contributed by atoms with van der Waals surface area (Å²) in [4.78, 5) is 24.3. The minimum absolute atomic E-state index is 0.337. The predicted molar refractivity (Wildman–Crippen MR) is 69.3 cm³/mol. The van der Waals surface area contributed by atoms with Gasteiger partial charge in [0.2, 0.25) is 0 Å². The molecule has 0 N–H and O–H groups in total. The Kier molecular flexibility index (Phi) is 5.03. The number of nitrogens with zero attached hydrogens (tertiary/aromatic N) is 1. The van der Waals surface area contributed by atoms with Crippen LogP contribution in [0.15, 0.2) is 30.3 Å². The summed E-state index contributed by atoms with van der Waals surface area (Å²) < 4.78 is 17.9. The van der Waals surface area contributed by atoms with Crippen molar-refractivity contribution in [1.82, 2.24) is 4.90 Å². The van der Waals surface area contributed by atoms with Crippen LogP contribution in [0.25, 0.3) is 0 Å². The van der Waals surface area contributed by atoms with Gasteiger partial charge < -0.3 is 4.74 Å². The molecule has 1 aromatic rings. The van der Waals surface area contributed by atoms with Crippen molar-refractivity contribution in [3.05, 3.63) is 35.9 Å². The van der Waals surface area contributed by atoms with E-state index in [0.29, 0.717) is 5.56 Å². The second-order valence-corrected chi connectivity index (χ2v) is 5.08. The Labute approximate surface area is 112 Å². The third-order valence-corrected chi connectivity index (χ3v) is 2.19. The van der Waals surface area contributed by atoms with Crippen LogP contribution in [-0.2, 0) is 9.53 Å². The number of esters is 1. The zero-order valence-electron chi connectivity index (χ0n) is 11.4. The lowest BCUT2D eigenvalue weighted by Gasteiger charge is -2.23. The molecule has 0 fully saturated rings. The first-order valence-electron chi connectivity index (χ1n) is 5.95. The number of halogens is 1. The van der Waals surface area contributed by atoms with Gasteiger partial charge in [-0.05, 0) is 32.9 Å². The summed E-state index contributed by atoms with van der Waals surface area (Å²) in [5.41, 5.74) is -0.321. The summed E-state index contributed by atoms with van der Waals surface area (Å²) >= 11 is 0. The smallest absolute Gasteiger partial charge is 0.326 e. The lowest BCUT2D eigenvalue weighted by molar-refractivity contribution is -0.155. The van der Waals surface area contributed by atoms with Crippen molar-refractivity contribution in [3.8, 4) is 0 Å². The average molecular weight is 267 g/mol. The molecule has 1 rings (SSSR count). The maximum absolute atomic E-state index is 12.9. The van der Waals surface area contributed by atoms with E-state index >= 15 is 0 Å². The monoisotopic (exact) mass is 267 g/mol. The Morgan fingerprint density at radius 2 is 1.79 bits per heavy atom. The van der Waals surface area contributed by atoms with Gasteiger partial charge in [-0.25, -0.2) is 4.39 Å². The van der Waals surface area contributed by atoms with Crippen LogP contribution in [0.5, 0.6) is 0 Å². The molecular weight excluding hydrogens is 249 g/mol. The molecule has 1 amide bonds. The van der Waals surface area contributed by atoms with Gasteiger partial charge >= 0.3 is 5.97 Å².